The van der Waals surface area contributed by atoms with Gasteiger partial charge in [0.1, 0.15) is 0 Å². The molecular formula is C15H27NO2S. The van der Waals surface area contributed by atoms with Crippen molar-refractivity contribution in [1.82, 2.24) is 4.72 Å². The molecule has 0 aromatic carbocycles. The fourth-order valence-corrected chi connectivity index (χ4v) is 6.56. The molecule has 0 saturated heterocycles. The molecule has 3 nitrogen and oxygen atoms in total. The number of hydrogen-bond acceptors (Lipinski definition) is 2. The lowest BCUT2D eigenvalue weighted by atomic mass is 9.47. The molecule has 0 aliphatic heterocycles. The highest BCUT2D eigenvalue weighted by molar-refractivity contribution is 7.89. The highest BCUT2D eigenvalue weighted by Crippen LogP contribution is 2.61. The third-order valence-corrected chi connectivity index (χ3v) is 7.34. The van der Waals surface area contributed by atoms with Gasteiger partial charge < -0.3 is 0 Å². The molecule has 4 rings (SSSR count). The Kier molecular flexibility index (Phi) is 3.45. The zero-order valence-electron chi connectivity index (χ0n) is 12.2. The van der Waals surface area contributed by atoms with E-state index in [-0.39, 0.29) is 17.2 Å². The van der Waals surface area contributed by atoms with E-state index >= 15 is 0 Å². The molecule has 110 valence electrons. The molecule has 0 amide bonds. The molecule has 4 aliphatic rings. The lowest BCUT2D eigenvalue weighted by Gasteiger charge is -2.59. The Morgan fingerprint density at radius 1 is 1.05 bits per heavy atom. The van der Waals surface area contributed by atoms with Gasteiger partial charge in [-0.15, -0.1) is 0 Å². The summed E-state index contributed by atoms with van der Waals surface area (Å²) in [5, 5.41) is 0. The summed E-state index contributed by atoms with van der Waals surface area (Å²) < 4.78 is 26.9. The van der Waals surface area contributed by atoms with E-state index in [2.05, 4.69) is 11.6 Å². The van der Waals surface area contributed by atoms with Gasteiger partial charge in [0.25, 0.3) is 0 Å². The van der Waals surface area contributed by atoms with E-state index in [1.165, 1.54) is 38.5 Å². The van der Waals surface area contributed by atoms with Gasteiger partial charge in [-0.3, -0.25) is 0 Å². The first-order valence-electron chi connectivity index (χ1n) is 7.96. The highest BCUT2D eigenvalue weighted by Gasteiger charge is 2.54. The maximum absolute atomic E-state index is 12.0. The minimum atomic E-state index is -3.07. The third-order valence-electron chi connectivity index (χ3n) is 5.93. The van der Waals surface area contributed by atoms with Crippen molar-refractivity contribution in [3.63, 3.8) is 0 Å². The van der Waals surface area contributed by atoms with E-state index in [0.717, 1.165) is 24.2 Å². The molecule has 4 heteroatoms. The van der Waals surface area contributed by atoms with Gasteiger partial charge in [-0.25, -0.2) is 13.1 Å². The van der Waals surface area contributed by atoms with Gasteiger partial charge in [0, 0.05) is 6.04 Å². The second-order valence-corrected chi connectivity index (χ2v) is 9.30. The average Bonchev–Trinajstić information content (AvgIpc) is 2.34. The molecule has 0 radical (unpaired) electrons. The van der Waals surface area contributed by atoms with E-state index in [1.54, 1.807) is 6.92 Å². The molecule has 4 fully saturated rings. The maximum Gasteiger partial charge on any atom is 0.211 e. The molecular weight excluding hydrogens is 258 g/mol. The van der Waals surface area contributed by atoms with Crippen LogP contribution >= 0.6 is 0 Å². The van der Waals surface area contributed by atoms with Crippen LogP contribution in [-0.2, 0) is 10.0 Å². The molecule has 0 aromatic rings. The summed E-state index contributed by atoms with van der Waals surface area (Å²) in [4.78, 5) is 0. The minimum absolute atomic E-state index is 0.172. The Morgan fingerprint density at radius 2 is 1.53 bits per heavy atom. The average molecular weight is 285 g/mol. The summed E-state index contributed by atoms with van der Waals surface area (Å²) in [6.07, 6.45) is 8.98. The summed E-state index contributed by atoms with van der Waals surface area (Å²) in [6.45, 7) is 3.87. The van der Waals surface area contributed by atoms with Crippen molar-refractivity contribution >= 4 is 10.0 Å². The van der Waals surface area contributed by atoms with Crippen molar-refractivity contribution < 1.29 is 8.42 Å². The van der Waals surface area contributed by atoms with Crippen molar-refractivity contribution in [2.45, 2.75) is 64.8 Å². The molecule has 4 saturated carbocycles. The van der Waals surface area contributed by atoms with Gasteiger partial charge in [-0.05, 0) is 75.0 Å². The van der Waals surface area contributed by atoms with Crippen molar-refractivity contribution in [3.8, 4) is 0 Å². The molecule has 4 aliphatic carbocycles. The molecule has 0 aromatic heterocycles. The molecule has 1 N–H and O–H groups in total. The third kappa shape index (κ3) is 2.46. The first-order chi connectivity index (χ1) is 8.96. The summed E-state index contributed by atoms with van der Waals surface area (Å²) in [7, 11) is -3.07. The number of sulfonamides is 1. The normalized spacial score (nSPS) is 42.5. The maximum atomic E-state index is 12.0. The molecule has 4 bridgehead atoms. The van der Waals surface area contributed by atoms with Crippen LogP contribution in [0.1, 0.15) is 58.8 Å². The zero-order chi connectivity index (χ0) is 13.7. The smallest absolute Gasteiger partial charge is 0.211 e. The summed E-state index contributed by atoms with van der Waals surface area (Å²) >= 11 is 0. The van der Waals surface area contributed by atoms with Crippen LogP contribution in [0.4, 0.5) is 0 Å². The number of rotatable bonds is 5. The van der Waals surface area contributed by atoms with Crippen molar-refractivity contribution in [1.29, 1.82) is 0 Å². The lowest BCUT2D eigenvalue weighted by Crippen LogP contribution is -2.56. The lowest BCUT2D eigenvalue weighted by molar-refractivity contribution is -0.0704. The Bertz CT molecular complexity index is 408. The predicted octanol–water partition coefficient (Wildman–Crippen LogP) is 2.92. The quantitative estimate of drug-likeness (QED) is 0.844. The second-order valence-electron chi connectivity index (χ2n) is 7.26. The van der Waals surface area contributed by atoms with E-state index in [0.29, 0.717) is 0 Å². The Hall–Kier alpha value is -0.0900. The van der Waals surface area contributed by atoms with Crippen LogP contribution in [0.15, 0.2) is 0 Å². The van der Waals surface area contributed by atoms with Crippen molar-refractivity contribution in [2.75, 3.05) is 5.75 Å². The Balaban J connectivity index is 1.83. The van der Waals surface area contributed by atoms with Crippen LogP contribution in [0.3, 0.4) is 0 Å². The standard InChI is InChI=1S/C15H27NO2S/c1-3-14(16-19(17,18)4-2)15-8-11-5-12(9-15)7-13(6-11)10-15/h11-14,16H,3-10H2,1-2H3. The highest BCUT2D eigenvalue weighted by atomic mass is 32.2. The van der Waals surface area contributed by atoms with Gasteiger partial charge in [0.05, 0.1) is 5.75 Å². The number of nitrogens with one attached hydrogen (secondary N) is 1. The van der Waals surface area contributed by atoms with E-state index < -0.39 is 10.0 Å². The van der Waals surface area contributed by atoms with E-state index in [4.69, 9.17) is 0 Å². The zero-order valence-corrected chi connectivity index (χ0v) is 13.0. The van der Waals surface area contributed by atoms with Crippen LogP contribution in [0, 0.1) is 23.2 Å². The van der Waals surface area contributed by atoms with Crippen LogP contribution in [0.5, 0.6) is 0 Å². The fourth-order valence-electron chi connectivity index (χ4n) is 5.55. The fraction of sp³-hybridized carbons (Fsp3) is 1.00. The van der Waals surface area contributed by atoms with Crippen LogP contribution in [0.2, 0.25) is 0 Å². The molecule has 0 spiro atoms. The summed E-state index contributed by atoms with van der Waals surface area (Å²) in [6, 6.07) is 0.172. The second kappa shape index (κ2) is 4.73. The number of hydrogen-bond donors (Lipinski definition) is 1. The van der Waals surface area contributed by atoms with Crippen LogP contribution in [0.25, 0.3) is 0 Å². The first kappa shape index (κ1) is 13.9. The van der Waals surface area contributed by atoms with Gasteiger partial charge >= 0.3 is 0 Å². The molecule has 1 unspecified atom stereocenters. The summed E-state index contributed by atoms with van der Waals surface area (Å²) in [5.74, 6) is 2.85. The van der Waals surface area contributed by atoms with E-state index in [1.807, 2.05) is 0 Å². The SMILES string of the molecule is CCC(NS(=O)(=O)CC)C12CC3CC(CC(C3)C1)C2. The van der Waals surface area contributed by atoms with Gasteiger partial charge in [0.2, 0.25) is 10.0 Å². The van der Waals surface area contributed by atoms with Crippen molar-refractivity contribution in [2.24, 2.45) is 23.2 Å². The van der Waals surface area contributed by atoms with Crippen LogP contribution < -0.4 is 4.72 Å². The molecule has 19 heavy (non-hydrogen) atoms. The van der Waals surface area contributed by atoms with Gasteiger partial charge in [0.15, 0.2) is 0 Å². The largest absolute Gasteiger partial charge is 0.212 e. The first-order valence-corrected chi connectivity index (χ1v) is 9.61. The topological polar surface area (TPSA) is 46.2 Å². The minimum Gasteiger partial charge on any atom is -0.212 e. The molecule has 1 atom stereocenters. The molecule has 0 heterocycles. The van der Waals surface area contributed by atoms with E-state index in [9.17, 15) is 8.42 Å². The Labute approximate surface area is 117 Å². The van der Waals surface area contributed by atoms with Crippen molar-refractivity contribution in [3.05, 3.63) is 0 Å². The van der Waals surface area contributed by atoms with Crippen LogP contribution in [-0.4, -0.2) is 20.2 Å². The van der Waals surface area contributed by atoms with Gasteiger partial charge in [-0.1, -0.05) is 6.92 Å². The summed E-state index contributed by atoms with van der Waals surface area (Å²) in [5.41, 5.74) is 0.283. The predicted molar refractivity (Wildman–Crippen MR) is 77.3 cm³/mol. The van der Waals surface area contributed by atoms with Gasteiger partial charge in [-0.2, -0.15) is 0 Å². The monoisotopic (exact) mass is 285 g/mol. The Morgan fingerprint density at radius 3 is 1.89 bits per heavy atom.